The number of hydrogen-bond donors (Lipinski definition) is 1. The highest BCUT2D eigenvalue weighted by molar-refractivity contribution is 9.10. The van der Waals surface area contributed by atoms with Crippen molar-refractivity contribution in [2.75, 3.05) is 12.1 Å². The molecule has 102 valence electrons. The maximum Gasteiger partial charge on any atom is 0.255 e. The number of ether oxygens (including phenoxy) is 2. The summed E-state index contributed by atoms with van der Waals surface area (Å²) in [4.78, 5) is 12.0. The van der Waals surface area contributed by atoms with E-state index in [1.54, 1.807) is 18.2 Å². The Balaban J connectivity index is 1.80. The molecule has 1 aliphatic heterocycles. The first-order valence-electron chi connectivity index (χ1n) is 5.79. The summed E-state index contributed by atoms with van der Waals surface area (Å²) >= 11 is 3.04. The van der Waals surface area contributed by atoms with Gasteiger partial charge in [-0.15, -0.1) is 0 Å². The molecule has 0 fully saturated rings. The van der Waals surface area contributed by atoms with Crippen molar-refractivity contribution in [2.24, 2.45) is 0 Å². The van der Waals surface area contributed by atoms with E-state index in [4.69, 9.17) is 9.47 Å². The molecule has 0 radical (unpaired) electrons. The van der Waals surface area contributed by atoms with E-state index < -0.39 is 11.7 Å². The summed E-state index contributed by atoms with van der Waals surface area (Å²) in [5.74, 6) is 0.334. The van der Waals surface area contributed by atoms with Crippen LogP contribution in [0.1, 0.15) is 10.4 Å². The van der Waals surface area contributed by atoms with Crippen molar-refractivity contribution in [3.63, 3.8) is 0 Å². The number of nitrogens with one attached hydrogen (secondary N) is 1. The fourth-order valence-electron chi connectivity index (χ4n) is 1.81. The normalized spacial score (nSPS) is 12.3. The molecule has 0 bridgehead atoms. The molecule has 0 aliphatic carbocycles. The number of benzene rings is 2. The van der Waals surface area contributed by atoms with Crippen molar-refractivity contribution in [1.29, 1.82) is 0 Å². The molecule has 1 aliphatic rings. The standard InChI is InChI=1S/C14H9BrFNO3/c15-10-3-1-8(5-11(10)16)14(18)17-9-2-4-12-13(6-9)20-7-19-12/h1-6H,7H2,(H,17,18). The largest absolute Gasteiger partial charge is 0.454 e. The highest BCUT2D eigenvalue weighted by Crippen LogP contribution is 2.34. The van der Waals surface area contributed by atoms with Crippen LogP contribution in [0.3, 0.4) is 0 Å². The van der Waals surface area contributed by atoms with Gasteiger partial charge in [0.1, 0.15) is 5.82 Å². The van der Waals surface area contributed by atoms with Crippen LogP contribution in [0.2, 0.25) is 0 Å². The maximum atomic E-state index is 13.4. The fourth-order valence-corrected chi connectivity index (χ4v) is 2.06. The molecule has 0 aromatic heterocycles. The van der Waals surface area contributed by atoms with Gasteiger partial charge in [0.2, 0.25) is 6.79 Å². The van der Waals surface area contributed by atoms with Crippen molar-refractivity contribution < 1.29 is 18.7 Å². The van der Waals surface area contributed by atoms with Gasteiger partial charge in [0.25, 0.3) is 5.91 Å². The number of amides is 1. The lowest BCUT2D eigenvalue weighted by Crippen LogP contribution is -2.12. The molecule has 2 aromatic carbocycles. The van der Waals surface area contributed by atoms with Crippen LogP contribution in [0.25, 0.3) is 0 Å². The summed E-state index contributed by atoms with van der Waals surface area (Å²) in [6, 6.07) is 9.27. The third kappa shape index (κ3) is 2.46. The molecule has 20 heavy (non-hydrogen) atoms. The van der Waals surface area contributed by atoms with Gasteiger partial charge in [-0.3, -0.25) is 4.79 Å². The first kappa shape index (κ1) is 12.9. The van der Waals surface area contributed by atoms with Gasteiger partial charge in [-0.05, 0) is 46.3 Å². The van der Waals surface area contributed by atoms with Gasteiger partial charge in [-0.1, -0.05) is 0 Å². The van der Waals surface area contributed by atoms with Gasteiger partial charge in [0, 0.05) is 17.3 Å². The minimum atomic E-state index is -0.483. The molecule has 6 heteroatoms. The van der Waals surface area contributed by atoms with Crippen LogP contribution >= 0.6 is 15.9 Å². The molecule has 0 spiro atoms. The SMILES string of the molecule is O=C(Nc1ccc2c(c1)OCO2)c1ccc(Br)c(F)c1. The van der Waals surface area contributed by atoms with Crippen LogP contribution in [0.5, 0.6) is 11.5 Å². The van der Waals surface area contributed by atoms with E-state index in [2.05, 4.69) is 21.2 Å². The number of carbonyl (C=O) groups excluding carboxylic acids is 1. The van der Waals surface area contributed by atoms with Crippen LogP contribution in [-0.4, -0.2) is 12.7 Å². The van der Waals surface area contributed by atoms with E-state index in [9.17, 15) is 9.18 Å². The van der Waals surface area contributed by atoms with E-state index in [-0.39, 0.29) is 12.4 Å². The zero-order valence-electron chi connectivity index (χ0n) is 10.2. The molecule has 1 heterocycles. The summed E-state index contributed by atoms with van der Waals surface area (Å²) in [7, 11) is 0. The zero-order chi connectivity index (χ0) is 14.1. The van der Waals surface area contributed by atoms with Gasteiger partial charge in [-0.2, -0.15) is 0 Å². The average molecular weight is 338 g/mol. The second-order valence-electron chi connectivity index (χ2n) is 4.15. The van der Waals surface area contributed by atoms with Gasteiger partial charge in [0.15, 0.2) is 11.5 Å². The molecular formula is C14H9BrFNO3. The predicted molar refractivity (Wildman–Crippen MR) is 74.6 cm³/mol. The van der Waals surface area contributed by atoms with Crippen molar-refractivity contribution in [1.82, 2.24) is 0 Å². The summed E-state index contributed by atoms with van der Waals surface area (Å²) in [6.45, 7) is 0.171. The highest BCUT2D eigenvalue weighted by atomic mass is 79.9. The second-order valence-corrected chi connectivity index (χ2v) is 5.01. The molecule has 0 saturated heterocycles. The van der Waals surface area contributed by atoms with Crippen LogP contribution in [0.15, 0.2) is 40.9 Å². The number of hydrogen-bond acceptors (Lipinski definition) is 3. The lowest BCUT2D eigenvalue weighted by Gasteiger charge is -2.06. The first-order valence-corrected chi connectivity index (χ1v) is 6.59. The Labute approximate surface area is 122 Å². The quantitative estimate of drug-likeness (QED) is 0.911. The van der Waals surface area contributed by atoms with E-state index in [0.29, 0.717) is 21.7 Å². The average Bonchev–Trinajstić information content (AvgIpc) is 2.89. The zero-order valence-corrected chi connectivity index (χ0v) is 11.7. The Bertz CT molecular complexity index is 690. The van der Waals surface area contributed by atoms with E-state index >= 15 is 0 Å². The summed E-state index contributed by atoms with van der Waals surface area (Å²) < 4.78 is 24.1. The van der Waals surface area contributed by atoms with Crippen LogP contribution in [0, 0.1) is 5.82 Å². The van der Waals surface area contributed by atoms with Crippen molar-refractivity contribution >= 4 is 27.5 Å². The molecule has 0 atom stereocenters. The number of fused-ring (bicyclic) bond motifs is 1. The summed E-state index contributed by atoms with van der Waals surface area (Å²) in [5.41, 5.74) is 0.797. The summed E-state index contributed by atoms with van der Waals surface area (Å²) in [6.07, 6.45) is 0. The molecular weight excluding hydrogens is 329 g/mol. The Morgan fingerprint density at radius 3 is 2.75 bits per heavy atom. The van der Waals surface area contributed by atoms with Gasteiger partial charge < -0.3 is 14.8 Å². The topological polar surface area (TPSA) is 47.6 Å². The van der Waals surface area contributed by atoms with Crippen LogP contribution < -0.4 is 14.8 Å². The minimum Gasteiger partial charge on any atom is -0.454 e. The number of carbonyl (C=O) groups is 1. The molecule has 2 aromatic rings. The maximum absolute atomic E-state index is 13.4. The second kappa shape index (κ2) is 5.13. The third-order valence-electron chi connectivity index (χ3n) is 2.81. The van der Waals surface area contributed by atoms with Crippen molar-refractivity contribution in [3.05, 3.63) is 52.3 Å². The lowest BCUT2D eigenvalue weighted by molar-refractivity contribution is 0.102. The van der Waals surface area contributed by atoms with Gasteiger partial charge in [0.05, 0.1) is 4.47 Å². The third-order valence-corrected chi connectivity index (χ3v) is 3.46. The predicted octanol–water partition coefficient (Wildman–Crippen LogP) is 3.57. The summed E-state index contributed by atoms with van der Waals surface area (Å²) in [5, 5.41) is 2.68. The first-order chi connectivity index (χ1) is 9.63. The molecule has 1 N–H and O–H groups in total. The Hall–Kier alpha value is -2.08. The number of anilines is 1. The Morgan fingerprint density at radius 2 is 1.95 bits per heavy atom. The Kier molecular flexibility index (Phi) is 3.31. The van der Waals surface area contributed by atoms with Gasteiger partial charge >= 0.3 is 0 Å². The van der Waals surface area contributed by atoms with Crippen molar-refractivity contribution in [3.8, 4) is 11.5 Å². The van der Waals surface area contributed by atoms with Crippen molar-refractivity contribution in [2.45, 2.75) is 0 Å². The lowest BCUT2D eigenvalue weighted by atomic mass is 10.2. The van der Waals surface area contributed by atoms with E-state index in [0.717, 1.165) is 0 Å². The minimum absolute atomic E-state index is 0.171. The Morgan fingerprint density at radius 1 is 1.15 bits per heavy atom. The van der Waals surface area contributed by atoms with E-state index in [1.165, 1.54) is 18.2 Å². The van der Waals surface area contributed by atoms with Gasteiger partial charge in [-0.25, -0.2) is 4.39 Å². The van der Waals surface area contributed by atoms with E-state index in [1.807, 2.05) is 0 Å². The molecule has 3 rings (SSSR count). The van der Waals surface area contributed by atoms with Crippen LogP contribution in [-0.2, 0) is 0 Å². The number of halogens is 2. The number of rotatable bonds is 2. The highest BCUT2D eigenvalue weighted by Gasteiger charge is 2.15. The van der Waals surface area contributed by atoms with Crippen LogP contribution in [0.4, 0.5) is 10.1 Å². The molecule has 4 nitrogen and oxygen atoms in total. The molecule has 1 amide bonds. The fraction of sp³-hybridized carbons (Fsp3) is 0.0714. The smallest absolute Gasteiger partial charge is 0.255 e. The monoisotopic (exact) mass is 337 g/mol. The molecule has 0 saturated carbocycles. The molecule has 0 unspecified atom stereocenters.